The van der Waals surface area contributed by atoms with Crippen molar-refractivity contribution in [3.63, 3.8) is 0 Å². The zero-order valence-corrected chi connectivity index (χ0v) is 21.7. The Morgan fingerprint density at radius 2 is 1.23 bits per heavy atom. The molecule has 0 aliphatic carbocycles. The van der Waals surface area contributed by atoms with Gasteiger partial charge in [0.25, 0.3) is 0 Å². The van der Waals surface area contributed by atoms with Crippen molar-refractivity contribution in [3.05, 3.63) is 157 Å². The molecular weight excluding hydrogens is 488 g/mol. The third-order valence-corrected chi connectivity index (χ3v) is 7.92. The van der Waals surface area contributed by atoms with E-state index in [1.807, 2.05) is 54.6 Å². The molecule has 188 valence electrons. The molecule has 0 radical (unpaired) electrons. The molecule has 2 heterocycles. The third-order valence-electron chi connectivity index (χ3n) is 7.92. The van der Waals surface area contributed by atoms with Crippen LogP contribution < -0.4 is 0 Å². The Kier molecular flexibility index (Phi) is 4.98. The van der Waals surface area contributed by atoms with Gasteiger partial charge in [-0.25, -0.2) is 0 Å². The van der Waals surface area contributed by atoms with Gasteiger partial charge in [0.1, 0.15) is 0 Å². The Morgan fingerprint density at radius 3 is 2.12 bits per heavy atom. The van der Waals surface area contributed by atoms with E-state index in [0.717, 1.165) is 27.7 Å². The smallest absolute Gasteiger partial charge is 0.193 e. The Morgan fingerprint density at radius 1 is 0.475 bits per heavy atom. The van der Waals surface area contributed by atoms with Crippen LogP contribution in [0.2, 0.25) is 0 Å². The summed E-state index contributed by atoms with van der Waals surface area (Å²) in [5, 5.41) is 5.83. The molecule has 0 saturated heterocycles. The number of hydrogen-bond donors (Lipinski definition) is 0. The molecule has 0 saturated carbocycles. The number of rotatable bonds is 4. The number of aromatic nitrogens is 2. The summed E-state index contributed by atoms with van der Waals surface area (Å²) in [6, 6.07) is 47.7. The first kappa shape index (κ1) is 22.6. The van der Waals surface area contributed by atoms with E-state index in [2.05, 4.69) is 100 Å². The summed E-state index contributed by atoms with van der Waals surface area (Å²) >= 11 is 0. The number of fused-ring (bicyclic) bond motifs is 6. The molecule has 2 aromatic heterocycles. The second-order valence-corrected chi connectivity index (χ2v) is 10.2. The summed E-state index contributed by atoms with van der Waals surface area (Å²) in [7, 11) is 0. The van der Waals surface area contributed by atoms with E-state index in [-0.39, 0.29) is 5.78 Å². The van der Waals surface area contributed by atoms with E-state index >= 15 is 0 Å². The highest BCUT2D eigenvalue weighted by Crippen LogP contribution is 2.37. The monoisotopic (exact) mass is 512 g/mol. The molecule has 0 spiro atoms. The lowest BCUT2D eigenvalue weighted by Crippen LogP contribution is -2.03. The van der Waals surface area contributed by atoms with Gasteiger partial charge in [-0.05, 0) is 59.3 Å². The minimum atomic E-state index is 0.0238. The van der Waals surface area contributed by atoms with Crippen molar-refractivity contribution in [2.75, 3.05) is 0 Å². The molecule has 3 nitrogen and oxygen atoms in total. The minimum absolute atomic E-state index is 0.0238. The summed E-state index contributed by atoms with van der Waals surface area (Å²) in [6.45, 7) is 0. The molecule has 6 aromatic carbocycles. The quantitative estimate of drug-likeness (QED) is 0.216. The fourth-order valence-electron chi connectivity index (χ4n) is 6.04. The van der Waals surface area contributed by atoms with Crippen LogP contribution in [-0.2, 0) is 0 Å². The molecular formula is C37H24N2O. The number of ketones is 1. The predicted molar refractivity (Wildman–Crippen MR) is 165 cm³/mol. The van der Waals surface area contributed by atoms with Crippen molar-refractivity contribution in [2.24, 2.45) is 0 Å². The second-order valence-electron chi connectivity index (χ2n) is 10.2. The zero-order chi connectivity index (χ0) is 26.6. The SMILES string of the molecule is O=C(c1cccc(-n2ccc3c2ccc2c4ccccc4n(-c4ccccc4)c23)c1)c1ccc2ccccc2c1. The highest BCUT2D eigenvalue weighted by molar-refractivity contribution is 6.18. The van der Waals surface area contributed by atoms with Gasteiger partial charge in [-0.2, -0.15) is 0 Å². The number of carbonyl (C=O) groups is 1. The normalized spacial score (nSPS) is 11.6. The Hall–Kier alpha value is -5.41. The fourth-order valence-corrected chi connectivity index (χ4v) is 6.04. The van der Waals surface area contributed by atoms with Gasteiger partial charge in [0.05, 0.1) is 16.6 Å². The lowest BCUT2D eigenvalue weighted by Gasteiger charge is -2.10. The van der Waals surface area contributed by atoms with E-state index in [4.69, 9.17) is 0 Å². The van der Waals surface area contributed by atoms with Crippen LogP contribution in [-0.4, -0.2) is 14.9 Å². The van der Waals surface area contributed by atoms with Crippen LogP contribution >= 0.6 is 0 Å². The first-order valence-electron chi connectivity index (χ1n) is 13.5. The highest BCUT2D eigenvalue weighted by atomic mass is 16.1. The molecule has 8 rings (SSSR count). The van der Waals surface area contributed by atoms with Crippen molar-refractivity contribution in [1.29, 1.82) is 0 Å². The Balaban J connectivity index is 1.29. The van der Waals surface area contributed by atoms with Gasteiger partial charge in [-0.1, -0.05) is 91.0 Å². The average Bonchev–Trinajstić information content (AvgIpc) is 3.60. The van der Waals surface area contributed by atoms with Crippen LogP contribution in [0.1, 0.15) is 15.9 Å². The Labute approximate surface area is 231 Å². The maximum Gasteiger partial charge on any atom is 0.193 e. The third kappa shape index (κ3) is 3.41. The van der Waals surface area contributed by atoms with Crippen molar-refractivity contribution in [1.82, 2.24) is 9.13 Å². The molecule has 8 aromatic rings. The Bertz CT molecular complexity index is 2230. The average molecular weight is 513 g/mol. The van der Waals surface area contributed by atoms with E-state index < -0.39 is 0 Å². The lowest BCUT2D eigenvalue weighted by atomic mass is 9.99. The van der Waals surface area contributed by atoms with E-state index in [9.17, 15) is 4.79 Å². The van der Waals surface area contributed by atoms with Crippen LogP contribution in [0, 0.1) is 0 Å². The van der Waals surface area contributed by atoms with Gasteiger partial charge in [-0.3, -0.25) is 4.79 Å². The molecule has 0 aliphatic rings. The number of hydrogen-bond acceptors (Lipinski definition) is 1. The van der Waals surface area contributed by atoms with Gasteiger partial charge in [0, 0.05) is 44.9 Å². The topological polar surface area (TPSA) is 26.9 Å². The summed E-state index contributed by atoms with van der Waals surface area (Å²) < 4.78 is 4.54. The largest absolute Gasteiger partial charge is 0.316 e. The molecule has 40 heavy (non-hydrogen) atoms. The first-order valence-corrected chi connectivity index (χ1v) is 13.5. The number of nitrogens with zero attached hydrogens (tertiary/aromatic N) is 2. The second kappa shape index (κ2) is 8.82. The fraction of sp³-hybridized carbons (Fsp3) is 0. The summed E-state index contributed by atoms with van der Waals surface area (Å²) in [6.07, 6.45) is 2.11. The molecule has 3 heteroatoms. The standard InChI is InChI=1S/C37H24N2O/c40-37(28-18-17-25-9-4-5-10-26(25)23-28)27-11-8-14-30(24-27)38-22-21-33-34(38)20-19-32-31-15-6-7-16-35(31)39(36(32)33)29-12-2-1-3-13-29/h1-24H. The van der Waals surface area contributed by atoms with Gasteiger partial charge >= 0.3 is 0 Å². The van der Waals surface area contributed by atoms with E-state index in [0.29, 0.717) is 11.1 Å². The zero-order valence-electron chi connectivity index (χ0n) is 21.7. The lowest BCUT2D eigenvalue weighted by molar-refractivity contribution is 0.103. The van der Waals surface area contributed by atoms with Gasteiger partial charge in [-0.15, -0.1) is 0 Å². The molecule has 0 N–H and O–H groups in total. The van der Waals surface area contributed by atoms with Gasteiger partial charge in [0.15, 0.2) is 5.78 Å². The van der Waals surface area contributed by atoms with E-state index in [1.165, 1.54) is 27.2 Å². The molecule has 0 fully saturated rings. The van der Waals surface area contributed by atoms with Crippen LogP contribution in [0.5, 0.6) is 0 Å². The van der Waals surface area contributed by atoms with Crippen LogP contribution in [0.3, 0.4) is 0 Å². The first-order chi connectivity index (χ1) is 19.8. The van der Waals surface area contributed by atoms with Crippen LogP contribution in [0.25, 0.3) is 54.9 Å². The number of para-hydroxylation sites is 2. The molecule has 0 amide bonds. The van der Waals surface area contributed by atoms with Crippen molar-refractivity contribution >= 4 is 49.3 Å². The van der Waals surface area contributed by atoms with Crippen molar-refractivity contribution < 1.29 is 4.79 Å². The van der Waals surface area contributed by atoms with Gasteiger partial charge in [0.2, 0.25) is 0 Å². The van der Waals surface area contributed by atoms with Gasteiger partial charge < -0.3 is 9.13 Å². The maximum absolute atomic E-state index is 13.5. The predicted octanol–water partition coefficient (Wildman–Crippen LogP) is 9.11. The van der Waals surface area contributed by atoms with Crippen LogP contribution in [0.15, 0.2) is 146 Å². The maximum atomic E-state index is 13.5. The molecule has 0 atom stereocenters. The van der Waals surface area contributed by atoms with E-state index in [1.54, 1.807) is 0 Å². The molecule has 0 aliphatic heterocycles. The molecule has 0 unspecified atom stereocenters. The van der Waals surface area contributed by atoms with Crippen molar-refractivity contribution in [3.8, 4) is 11.4 Å². The summed E-state index contributed by atoms with van der Waals surface area (Å²) in [4.78, 5) is 13.5. The van der Waals surface area contributed by atoms with Crippen LogP contribution in [0.4, 0.5) is 0 Å². The van der Waals surface area contributed by atoms with Crippen molar-refractivity contribution in [2.45, 2.75) is 0 Å². The summed E-state index contributed by atoms with van der Waals surface area (Å²) in [5.41, 5.74) is 6.94. The number of carbonyl (C=O) groups excluding carboxylic acids is 1. The molecule has 0 bridgehead atoms. The summed E-state index contributed by atoms with van der Waals surface area (Å²) in [5.74, 6) is 0.0238. The highest BCUT2D eigenvalue weighted by Gasteiger charge is 2.17. The minimum Gasteiger partial charge on any atom is -0.316 e. The number of benzene rings is 6.